The second kappa shape index (κ2) is 17.2. The minimum atomic E-state index is 0. The molecular weight excluding hydrogens is 692 g/mol. The average molecular weight is 734 g/mol. The van der Waals surface area contributed by atoms with E-state index in [1.165, 1.54) is 77.2 Å². The van der Waals surface area contributed by atoms with Gasteiger partial charge in [-0.3, -0.25) is 0 Å². The number of fused-ring (bicyclic) bond motifs is 2. The van der Waals surface area contributed by atoms with Crippen molar-refractivity contribution >= 4 is 33.7 Å². The maximum atomic E-state index is 2.36. The van der Waals surface area contributed by atoms with Crippen LogP contribution in [0.25, 0.3) is 56.0 Å². The third-order valence-electron chi connectivity index (χ3n) is 9.58. The normalized spacial score (nSPS) is 11.2. The molecular formula is C50H42Zr. The Kier molecular flexibility index (Phi) is 12.1. The zero-order chi connectivity index (χ0) is 34.1. The van der Waals surface area contributed by atoms with Crippen molar-refractivity contribution in [3.05, 3.63) is 215 Å². The first-order valence-corrected chi connectivity index (χ1v) is 17.6. The zero-order valence-corrected chi connectivity index (χ0v) is 31.8. The summed E-state index contributed by atoms with van der Waals surface area (Å²) in [7, 11) is 0. The first-order valence-electron chi connectivity index (χ1n) is 17.6. The van der Waals surface area contributed by atoms with Gasteiger partial charge in [0.15, 0.2) is 0 Å². The van der Waals surface area contributed by atoms with E-state index in [1.807, 2.05) is 36.4 Å². The van der Waals surface area contributed by atoms with Gasteiger partial charge in [-0.15, -0.1) is 69.1 Å². The van der Waals surface area contributed by atoms with Crippen LogP contribution in [0.4, 0.5) is 0 Å². The van der Waals surface area contributed by atoms with E-state index in [4.69, 9.17) is 0 Å². The molecule has 0 aliphatic carbocycles. The molecule has 0 heterocycles. The summed E-state index contributed by atoms with van der Waals surface area (Å²) < 4.78 is 0. The number of allylic oxidation sites excluding steroid dienone is 2. The molecule has 0 nitrogen and oxygen atoms in total. The van der Waals surface area contributed by atoms with Crippen LogP contribution in [0, 0.1) is 13.8 Å². The van der Waals surface area contributed by atoms with Gasteiger partial charge in [0.05, 0.1) is 0 Å². The van der Waals surface area contributed by atoms with Crippen LogP contribution in [0.2, 0.25) is 0 Å². The van der Waals surface area contributed by atoms with Gasteiger partial charge in [0.25, 0.3) is 0 Å². The molecule has 0 spiro atoms. The molecule has 8 aromatic rings. The minimum absolute atomic E-state index is 0. The molecule has 8 rings (SSSR count). The van der Waals surface area contributed by atoms with E-state index in [0.29, 0.717) is 0 Å². The fraction of sp³-hybridized carbons (Fsp3) is 0.0800. The van der Waals surface area contributed by atoms with Gasteiger partial charge >= 0.3 is 26.2 Å². The van der Waals surface area contributed by atoms with Gasteiger partial charge in [0, 0.05) is 0 Å². The third kappa shape index (κ3) is 8.45. The monoisotopic (exact) mass is 732 g/mol. The molecule has 0 aliphatic rings. The molecule has 0 unspecified atom stereocenters. The van der Waals surface area contributed by atoms with Gasteiger partial charge in [-0.1, -0.05) is 196 Å². The van der Waals surface area contributed by atoms with Crippen LogP contribution in [0.3, 0.4) is 0 Å². The number of rotatable bonds is 8. The Hall–Kier alpha value is -5.10. The maximum absolute atomic E-state index is 2.36. The molecule has 1 heteroatoms. The Labute approximate surface area is 322 Å². The molecule has 0 radical (unpaired) electrons. The van der Waals surface area contributed by atoms with E-state index in [9.17, 15) is 0 Å². The predicted molar refractivity (Wildman–Crippen MR) is 218 cm³/mol. The molecule has 0 aliphatic heterocycles. The van der Waals surface area contributed by atoms with Gasteiger partial charge in [-0.25, -0.2) is 0 Å². The Morgan fingerprint density at radius 3 is 1.14 bits per heavy atom. The summed E-state index contributed by atoms with van der Waals surface area (Å²) >= 11 is 0. The van der Waals surface area contributed by atoms with Crippen molar-refractivity contribution in [3.8, 4) is 22.3 Å². The molecule has 51 heavy (non-hydrogen) atoms. The van der Waals surface area contributed by atoms with Crippen molar-refractivity contribution in [2.75, 3.05) is 0 Å². The van der Waals surface area contributed by atoms with E-state index in [1.54, 1.807) is 0 Å². The first kappa shape index (κ1) is 35.7. The van der Waals surface area contributed by atoms with Crippen molar-refractivity contribution in [1.29, 1.82) is 0 Å². The van der Waals surface area contributed by atoms with Crippen LogP contribution < -0.4 is 0 Å². The van der Waals surface area contributed by atoms with E-state index >= 15 is 0 Å². The SMILES string of the molecule is C(C=Cc1ccccc1)=Cc1ccccc1.Cc1[cH-]c2cccc(-c3ccccc3)c2c1CCc1c(C)[cH-]c2cccc(-c3ccccc3)c12.[Zr+2]. The molecule has 0 fully saturated rings. The van der Waals surface area contributed by atoms with Gasteiger partial charge in [-0.05, 0) is 22.3 Å². The first-order chi connectivity index (χ1) is 24.7. The van der Waals surface area contributed by atoms with Gasteiger partial charge < -0.3 is 0 Å². The minimum Gasteiger partial charge on any atom is -0.150 e. The van der Waals surface area contributed by atoms with Gasteiger partial charge in [-0.2, -0.15) is 11.1 Å². The molecule has 0 saturated heterocycles. The maximum Gasteiger partial charge on any atom is 2.00 e. The predicted octanol–water partition coefficient (Wildman–Crippen LogP) is 13.6. The van der Waals surface area contributed by atoms with Crippen molar-refractivity contribution in [3.63, 3.8) is 0 Å². The van der Waals surface area contributed by atoms with E-state index in [-0.39, 0.29) is 26.2 Å². The summed E-state index contributed by atoms with van der Waals surface area (Å²) in [6.07, 6.45) is 10.4. The van der Waals surface area contributed by atoms with Crippen LogP contribution in [0.5, 0.6) is 0 Å². The fourth-order valence-electron chi connectivity index (χ4n) is 7.16. The summed E-state index contributed by atoms with van der Waals surface area (Å²) in [5.74, 6) is 0. The zero-order valence-electron chi connectivity index (χ0n) is 29.4. The summed E-state index contributed by atoms with van der Waals surface area (Å²) in [5.41, 5.74) is 13.5. The number of hydrogen-bond donors (Lipinski definition) is 0. The summed E-state index contributed by atoms with van der Waals surface area (Å²) in [5, 5.41) is 5.54. The van der Waals surface area contributed by atoms with Crippen LogP contribution >= 0.6 is 0 Å². The second-order valence-electron chi connectivity index (χ2n) is 12.9. The molecule has 0 N–H and O–H groups in total. The Bertz CT molecular complexity index is 2180. The molecule has 0 saturated carbocycles. The summed E-state index contributed by atoms with van der Waals surface area (Å²) in [6.45, 7) is 4.55. The molecule has 246 valence electrons. The van der Waals surface area contributed by atoms with Crippen molar-refractivity contribution in [2.45, 2.75) is 26.7 Å². The molecule has 0 atom stereocenters. The number of benzene rings is 6. The molecule has 0 amide bonds. The average Bonchev–Trinajstić information content (AvgIpc) is 3.68. The third-order valence-corrected chi connectivity index (χ3v) is 9.58. The Morgan fingerprint density at radius 1 is 0.412 bits per heavy atom. The molecule has 0 bridgehead atoms. The fourth-order valence-corrected chi connectivity index (χ4v) is 7.16. The topological polar surface area (TPSA) is 0 Å². The quantitative estimate of drug-likeness (QED) is 0.108. The molecule has 0 aromatic heterocycles. The smallest absolute Gasteiger partial charge is 0.150 e. The summed E-state index contributed by atoms with van der Waals surface area (Å²) in [6, 6.07) is 60.4. The van der Waals surface area contributed by atoms with E-state index in [0.717, 1.165) is 12.8 Å². The second-order valence-corrected chi connectivity index (χ2v) is 12.9. The van der Waals surface area contributed by atoms with Crippen molar-refractivity contribution < 1.29 is 26.2 Å². The molecule has 8 aromatic carbocycles. The van der Waals surface area contributed by atoms with E-state index < -0.39 is 0 Å². The van der Waals surface area contributed by atoms with Crippen LogP contribution in [-0.2, 0) is 39.0 Å². The number of aryl methyl sites for hydroxylation is 4. The summed E-state index contributed by atoms with van der Waals surface area (Å²) in [4.78, 5) is 0. The van der Waals surface area contributed by atoms with Gasteiger partial charge in [0.2, 0.25) is 0 Å². The standard InChI is InChI=1S/C34H28.C16H14.Zr/c1-23-21-27-15-9-17-31(25-11-5-3-6-12-25)33(27)29(23)19-20-30-24(2)22-28-16-10-18-32(34(28)30)26-13-7-4-8-14-26;1-3-9-15(10-4-1)13-7-8-14-16-11-5-2-6-12-16;/h3-18,21-22H,19-20H2,1-2H3;1-14H;/q-2;;+2. The number of hydrogen-bond acceptors (Lipinski definition) is 0. The van der Waals surface area contributed by atoms with Gasteiger partial charge in [0.1, 0.15) is 0 Å². The van der Waals surface area contributed by atoms with E-state index in [2.05, 4.69) is 172 Å². The van der Waals surface area contributed by atoms with Crippen LogP contribution in [-0.4, -0.2) is 0 Å². The Balaban J connectivity index is 0.000000222. The largest absolute Gasteiger partial charge is 2.00 e. The Morgan fingerprint density at radius 2 is 0.765 bits per heavy atom. The van der Waals surface area contributed by atoms with Crippen molar-refractivity contribution in [2.24, 2.45) is 0 Å². The van der Waals surface area contributed by atoms with Crippen LogP contribution in [0.15, 0.2) is 182 Å². The van der Waals surface area contributed by atoms with Crippen molar-refractivity contribution in [1.82, 2.24) is 0 Å². The van der Waals surface area contributed by atoms with Crippen LogP contribution in [0.1, 0.15) is 33.4 Å².